The molecule has 5 heteroatoms. The molecule has 0 aromatic carbocycles. The molecular formula is C7H14N3O2+. The monoisotopic (exact) mass is 172 g/mol. The summed E-state index contributed by atoms with van der Waals surface area (Å²) in [5.41, 5.74) is 0. The third-order valence-corrected chi connectivity index (χ3v) is 1.45. The Bertz CT molecular complexity index is 201. The van der Waals surface area contributed by atoms with E-state index < -0.39 is 6.17 Å². The number of likely N-dealkylation sites (N-methyl/N-ethyl adjacent to an activating group) is 1. The van der Waals surface area contributed by atoms with Crippen LogP contribution in [0.2, 0.25) is 0 Å². The number of carbonyl (C=O) groups is 1. The van der Waals surface area contributed by atoms with E-state index in [1.165, 1.54) is 0 Å². The molecule has 0 radical (unpaired) electrons. The van der Waals surface area contributed by atoms with Crippen molar-refractivity contribution < 1.29 is 14.0 Å². The molecule has 1 heterocycles. The summed E-state index contributed by atoms with van der Waals surface area (Å²) in [5, 5.41) is 6.93. The van der Waals surface area contributed by atoms with Gasteiger partial charge < -0.3 is 9.22 Å². The Morgan fingerprint density at radius 2 is 2.00 bits per heavy atom. The van der Waals surface area contributed by atoms with Gasteiger partial charge in [0, 0.05) is 0 Å². The summed E-state index contributed by atoms with van der Waals surface area (Å²) < 4.78 is 5.68. The minimum atomic E-state index is -0.516. The fraction of sp³-hybridized carbons (Fsp3) is 0.857. The highest BCUT2D eigenvalue weighted by Crippen LogP contribution is 2.11. The first-order valence-corrected chi connectivity index (χ1v) is 3.86. The highest BCUT2D eigenvalue weighted by atomic mass is 16.5. The Balaban J connectivity index is 2.05. The molecule has 0 aliphatic carbocycles. The fourth-order valence-corrected chi connectivity index (χ4v) is 0.622. The molecule has 0 saturated carbocycles. The maximum atomic E-state index is 10.9. The van der Waals surface area contributed by atoms with Gasteiger partial charge in [0.15, 0.2) is 0 Å². The molecule has 1 aliphatic heterocycles. The van der Waals surface area contributed by atoms with Crippen LogP contribution in [0.5, 0.6) is 0 Å². The second-order valence-corrected chi connectivity index (χ2v) is 3.79. The van der Waals surface area contributed by atoms with Crippen LogP contribution in [0.15, 0.2) is 10.2 Å². The van der Waals surface area contributed by atoms with Crippen LogP contribution in [0.1, 0.15) is 0 Å². The van der Waals surface area contributed by atoms with E-state index in [4.69, 9.17) is 4.74 Å². The number of hydrogen-bond acceptors (Lipinski definition) is 4. The molecule has 0 atom stereocenters. The predicted molar refractivity (Wildman–Crippen MR) is 42.5 cm³/mol. The highest BCUT2D eigenvalue weighted by Gasteiger charge is 2.27. The minimum absolute atomic E-state index is 0.330. The summed E-state index contributed by atoms with van der Waals surface area (Å²) in [5.74, 6) is -0.330. The molecule has 0 aromatic heterocycles. The lowest BCUT2D eigenvalue weighted by atomic mass is 10.5. The van der Waals surface area contributed by atoms with Crippen molar-refractivity contribution in [2.24, 2.45) is 10.2 Å². The molecule has 1 aliphatic rings. The maximum absolute atomic E-state index is 10.9. The molecular weight excluding hydrogens is 158 g/mol. The zero-order valence-corrected chi connectivity index (χ0v) is 7.65. The van der Waals surface area contributed by atoms with Crippen molar-refractivity contribution in [2.45, 2.75) is 6.17 Å². The van der Waals surface area contributed by atoms with Gasteiger partial charge >= 0.3 is 5.97 Å². The van der Waals surface area contributed by atoms with Gasteiger partial charge in [-0.2, -0.15) is 0 Å². The smallest absolute Gasteiger partial charge is 0.357 e. The Labute approximate surface area is 71.6 Å². The van der Waals surface area contributed by atoms with Crippen LogP contribution in [0.3, 0.4) is 0 Å². The second-order valence-electron chi connectivity index (χ2n) is 3.79. The number of ether oxygens (including phenoxy) is 1. The molecule has 0 unspecified atom stereocenters. The van der Waals surface area contributed by atoms with Crippen LogP contribution >= 0.6 is 0 Å². The first-order chi connectivity index (χ1) is 5.49. The zero-order chi connectivity index (χ0) is 9.19. The Morgan fingerprint density at radius 3 is 2.42 bits per heavy atom. The van der Waals surface area contributed by atoms with Crippen molar-refractivity contribution in [3.8, 4) is 0 Å². The van der Waals surface area contributed by atoms with Crippen LogP contribution in [-0.2, 0) is 9.53 Å². The lowest BCUT2D eigenvalue weighted by molar-refractivity contribution is -0.870. The average molecular weight is 172 g/mol. The van der Waals surface area contributed by atoms with E-state index in [1.54, 1.807) is 0 Å². The van der Waals surface area contributed by atoms with Crippen molar-refractivity contribution in [1.82, 2.24) is 0 Å². The number of quaternary nitrogens is 1. The first-order valence-electron chi connectivity index (χ1n) is 3.86. The van der Waals surface area contributed by atoms with Gasteiger partial charge in [-0.3, -0.25) is 0 Å². The lowest BCUT2D eigenvalue weighted by Gasteiger charge is -2.23. The normalized spacial score (nSPS) is 16.2. The van der Waals surface area contributed by atoms with E-state index in [-0.39, 0.29) is 5.97 Å². The molecule has 5 nitrogen and oxygen atoms in total. The molecule has 0 bridgehead atoms. The minimum Gasteiger partial charge on any atom is -0.457 e. The summed E-state index contributed by atoms with van der Waals surface area (Å²) >= 11 is 0. The average Bonchev–Trinajstić information content (AvgIpc) is 2.64. The van der Waals surface area contributed by atoms with Crippen molar-refractivity contribution in [2.75, 3.05) is 34.3 Å². The summed E-state index contributed by atoms with van der Waals surface area (Å²) in [6, 6.07) is 0. The fourth-order valence-electron chi connectivity index (χ4n) is 0.622. The second kappa shape index (κ2) is 3.18. The predicted octanol–water partition coefficient (Wildman–Crippen LogP) is 0.0277. The quantitative estimate of drug-likeness (QED) is 0.443. The first kappa shape index (κ1) is 9.12. The molecule has 0 saturated heterocycles. The van der Waals surface area contributed by atoms with Gasteiger partial charge in [-0.25, -0.2) is 4.79 Å². The molecule has 0 N–H and O–H groups in total. The van der Waals surface area contributed by atoms with Crippen LogP contribution in [0, 0.1) is 0 Å². The van der Waals surface area contributed by atoms with Crippen LogP contribution in [-0.4, -0.2) is 50.9 Å². The molecule has 1 rings (SSSR count). The lowest BCUT2D eigenvalue weighted by Crippen LogP contribution is -2.38. The van der Waals surface area contributed by atoms with E-state index in [0.717, 1.165) is 11.0 Å². The van der Waals surface area contributed by atoms with E-state index in [9.17, 15) is 4.79 Å². The van der Waals surface area contributed by atoms with Gasteiger partial charge in [0.25, 0.3) is 6.17 Å². The Morgan fingerprint density at radius 1 is 1.42 bits per heavy atom. The van der Waals surface area contributed by atoms with Gasteiger partial charge in [-0.15, -0.1) is 10.2 Å². The van der Waals surface area contributed by atoms with Gasteiger partial charge in [-0.05, 0) is 0 Å². The number of hydrogen-bond donors (Lipinski definition) is 0. The number of esters is 1. The van der Waals surface area contributed by atoms with Crippen LogP contribution in [0.25, 0.3) is 0 Å². The molecule has 12 heavy (non-hydrogen) atoms. The van der Waals surface area contributed by atoms with Gasteiger partial charge in [0.05, 0.1) is 21.1 Å². The SMILES string of the molecule is C[N+](C)(C)CCOC(=O)C1N=N1. The van der Waals surface area contributed by atoms with E-state index >= 15 is 0 Å². The largest absolute Gasteiger partial charge is 0.457 e. The van der Waals surface area contributed by atoms with Crippen LogP contribution in [0.4, 0.5) is 0 Å². The summed E-state index contributed by atoms with van der Waals surface area (Å²) in [6.45, 7) is 1.24. The number of rotatable bonds is 4. The standard InChI is InChI=1S/C7H14N3O2/c1-10(2,3)4-5-12-7(11)6-8-9-6/h6H,4-5H2,1-3H3/q+1. The Hall–Kier alpha value is -0.970. The molecule has 68 valence electrons. The molecule has 0 aromatic rings. The molecule has 0 amide bonds. The molecule has 0 spiro atoms. The number of nitrogens with zero attached hydrogens (tertiary/aromatic N) is 3. The molecule has 0 fully saturated rings. The summed E-state index contributed by atoms with van der Waals surface area (Å²) in [6.07, 6.45) is -0.516. The van der Waals surface area contributed by atoms with Gasteiger partial charge in [-0.1, -0.05) is 0 Å². The van der Waals surface area contributed by atoms with Crippen LogP contribution < -0.4 is 0 Å². The third kappa shape index (κ3) is 3.43. The van der Waals surface area contributed by atoms with E-state index in [0.29, 0.717) is 6.61 Å². The highest BCUT2D eigenvalue weighted by molar-refractivity contribution is 5.77. The van der Waals surface area contributed by atoms with E-state index in [2.05, 4.69) is 10.2 Å². The summed E-state index contributed by atoms with van der Waals surface area (Å²) in [7, 11) is 6.12. The number of carbonyl (C=O) groups excluding carboxylic acids is 1. The zero-order valence-electron chi connectivity index (χ0n) is 7.65. The van der Waals surface area contributed by atoms with Gasteiger partial charge in [0.1, 0.15) is 13.2 Å². The topological polar surface area (TPSA) is 51.0 Å². The van der Waals surface area contributed by atoms with Crippen molar-refractivity contribution >= 4 is 5.97 Å². The van der Waals surface area contributed by atoms with E-state index in [1.807, 2.05) is 21.1 Å². The maximum Gasteiger partial charge on any atom is 0.357 e. The Kier molecular flexibility index (Phi) is 2.42. The third-order valence-electron chi connectivity index (χ3n) is 1.45. The van der Waals surface area contributed by atoms with Crippen molar-refractivity contribution in [3.63, 3.8) is 0 Å². The van der Waals surface area contributed by atoms with Gasteiger partial charge in [0.2, 0.25) is 0 Å². The summed E-state index contributed by atoms with van der Waals surface area (Å²) in [4.78, 5) is 10.9. The van der Waals surface area contributed by atoms with Crippen molar-refractivity contribution in [1.29, 1.82) is 0 Å². The van der Waals surface area contributed by atoms with Crippen molar-refractivity contribution in [3.05, 3.63) is 0 Å².